The van der Waals surface area contributed by atoms with Gasteiger partial charge in [0.15, 0.2) is 0 Å². The number of benzene rings is 3. The second-order valence-electron chi connectivity index (χ2n) is 6.85. The predicted molar refractivity (Wildman–Crippen MR) is 107 cm³/mol. The minimum Gasteiger partial charge on any atom is -0.497 e. The Balaban J connectivity index is 1.84. The first-order valence-corrected chi connectivity index (χ1v) is 8.99. The molecule has 0 aliphatic carbocycles. The topological polar surface area (TPSA) is 41.6 Å². The van der Waals surface area contributed by atoms with Gasteiger partial charge < -0.3 is 15.0 Å². The third-order valence-corrected chi connectivity index (χ3v) is 5.14. The van der Waals surface area contributed by atoms with Crippen LogP contribution in [-0.2, 0) is 12.2 Å². The number of nitrogens with zero attached hydrogens (tertiary/aromatic N) is 1. The van der Waals surface area contributed by atoms with Crippen LogP contribution in [0, 0.1) is 0 Å². The number of amides is 1. The molecule has 1 N–H and O–H groups in total. The molecule has 3 aromatic carbocycles. The number of rotatable bonds is 4. The van der Waals surface area contributed by atoms with Crippen LogP contribution < -0.4 is 10.1 Å². The molecule has 27 heavy (non-hydrogen) atoms. The Labute approximate surface area is 159 Å². The van der Waals surface area contributed by atoms with Gasteiger partial charge in [-0.15, -0.1) is 0 Å². The summed E-state index contributed by atoms with van der Waals surface area (Å²) in [7, 11) is 1.65. The molecule has 4 nitrogen and oxygen atoms in total. The van der Waals surface area contributed by atoms with Crippen molar-refractivity contribution in [1.82, 2.24) is 4.90 Å². The maximum Gasteiger partial charge on any atom is 0.258 e. The van der Waals surface area contributed by atoms with E-state index in [1.807, 2.05) is 90.7 Å². The highest BCUT2D eigenvalue weighted by Crippen LogP contribution is 2.39. The predicted octanol–water partition coefficient (Wildman–Crippen LogP) is 4.64. The van der Waals surface area contributed by atoms with Crippen LogP contribution in [0.5, 0.6) is 5.75 Å². The fraction of sp³-hybridized carbons (Fsp3) is 0.174. The molecule has 136 valence electrons. The lowest BCUT2D eigenvalue weighted by Crippen LogP contribution is -2.55. The summed E-state index contributed by atoms with van der Waals surface area (Å²) in [4.78, 5) is 15.3. The first-order valence-electron chi connectivity index (χ1n) is 8.99. The number of carbonyl (C=O) groups is 1. The van der Waals surface area contributed by atoms with Gasteiger partial charge in [-0.3, -0.25) is 4.79 Å². The van der Waals surface area contributed by atoms with E-state index in [4.69, 9.17) is 4.74 Å². The van der Waals surface area contributed by atoms with Crippen molar-refractivity contribution in [3.8, 4) is 5.75 Å². The van der Waals surface area contributed by atoms with Gasteiger partial charge in [0.1, 0.15) is 11.4 Å². The van der Waals surface area contributed by atoms with Crippen molar-refractivity contribution in [1.29, 1.82) is 0 Å². The van der Waals surface area contributed by atoms with Crippen LogP contribution in [0.15, 0.2) is 78.9 Å². The molecule has 0 saturated heterocycles. The van der Waals surface area contributed by atoms with E-state index >= 15 is 0 Å². The third kappa shape index (κ3) is 3.04. The molecule has 0 fully saturated rings. The number of fused-ring (bicyclic) bond motifs is 1. The Kier molecular flexibility index (Phi) is 4.32. The molecule has 1 heterocycles. The van der Waals surface area contributed by atoms with E-state index in [1.54, 1.807) is 7.11 Å². The fourth-order valence-corrected chi connectivity index (χ4v) is 3.61. The summed E-state index contributed by atoms with van der Waals surface area (Å²) < 4.78 is 5.41. The molecule has 0 aromatic heterocycles. The van der Waals surface area contributed by atoms with Gasteiger partial charge >= 0.3 is 0 Å². The van der Waals surface area contributed by atoms with Crippen molar-refractivity contribution < 1.29 is 9.53 Å². The highest BCUT2D eigenvalue weighted by atomic mass is 16.5. The summed E-state index contributed by atoms with van der Waals surface area (Å²) in [6.07, 6.45) is 0. The first-order chi connectivity index (χ1) is 13.1. The van der Waals surface area contributed by atoms with Crippen LogP contribution in [0.4, 0.5) is 5.69 Å². The summed E-state index contributed by atoms with van der Waals surface area (Å²) >= 11 is 0. The van der Waals surface area contributed by atoms with E-state index in [2.05, 4.69) is 5.32 Å². The zero-order valence-corrected chi connectivity index (χ0v) is 15.5. The molecule has 3 aromatic rings. The molecule has 0 bridgehead atoms. The van der Waals surface area contributed by atoms with Gasteiger partial charge in [0.05, 0.1) is 12.7 Å². The Morgan fingerprint density at radius 2 is 1.70 bits per heavy atom. The monoisotopic (exact) mass is 358 g/mol. The number of hydrogen-bond acceptors (Lipinski definition) is 3. The average molecular weight is 358 g/mol. The molecule has 0 radical (unpaired) electrons. The van der Waals surface area contributed by atoms with E-state index in [1.165, 1.54) is 0 Å². The number of methoxy groups -OCH3 is 1. The van der Waals surface area contributed by atoms with Crippen molar-refractivity contribution in [2.75, 3.05) is 12.4 Å². The van der Waals surface area contributed by atoms with Gasteiger partial charge in [0.25, 0.3) is 5.91 Å². The zero-order valence-electron chi connectivity index (χ0n) is 15.5. The molecule has 0 spiro atoms. The number of nitrogens with one attached hydrogen (secondary N) is 1. The Morgan fingerprint density at radius 1 is 0.963 bits per heavy atom. The van der Waals surface area contributed by atoms with E-state index in [0.717, 1.165) is 22.6 Å². The molecule has 4 rings (SSSR count). The molecule has 1 amide bonds. The molecule has 0 saturated carbocycles. The van der Waals surface area contributed by atoms with Gasteiger partial charge in [-0.05, 0) is 36.8 Å². The van der Waals surface area contributed by atoms with Crippen molar-refractivity contribution in [3.63, 3.8) is 0 Å². The lowest BCUT2D eigenvalue weighted by Gasteiger charge is -2.47. The fourth-order valence-electron chi connectivity index (χ4n) is 3.61. The Morgan fingerprint density at radius 3 is 2.48 bits per heavy atom. The number of para-hydroxylation sites is 1. The van der Waals surface area contributed by atoms with Crippen molar-refractivity contribution in [2.45, 2.75) is 19.1 Å². The van der Waals surface area contributed by atoms with Crippen LogP contribution in [0.1, 0.15) is 28.4 Å². The molecular weight excluding hydrogens is 336 g/mol. The van der Waals surface area contributed by atoms with Gasteiger partial charge in [-0.25, -0.2) is 0 Å². The van der Waals surface area contributed by atoms with E-state index in [0.29, 0.717) is 12.1 Å². The first kappa shape index (κ1) is 17.2. The number of anilines is 1. The second kappa shape index (κ2) is 6.80. The molecule has 1 unspecified atom stereocenters. The molecule has 1 aliphatic heterocycles. The maximum absolute atomic E-state index is 13.4. The number of carbonyl (C=O) groups excluding carboxylic acids is 1. The standard InChI is InChI=1S/C23H22N2O2/c1-23(18-11-8-12-19(15-18)27-2)24-21-14-7-6-13-20(21)22(26)25(23)16-17-9-4-3-5-10-17/h3-15,24H,16H2,1-2H3. The quantitative estimate of drug-likeness (QED) is 0.739. The summed E-state index contributed by atoms with van der Waals surface area (Å²) in [5, 5.41) is 3.59. The van der Waals surface area contributed by atoms with Gasteiger partial charge in [0.2, 0.25) is 0 Å². The number of ether oxygens (including phenoxy) is 1. The normalized spacial score (nSPS) is 18.6. The zero-order chi connectivity index (χ0) is 18.9. The van der Waals surface area contributed by atoms with Gasteiger partial charge in [0, 0.05) is 17.8 Å². The van der Waals surface area contributed by atoms with Crippen LogP contribution in [0.2, 0.25) is 0 Å². The van der Waals surface area contributed by atoms with Crippen molar-refractivity contribution >= 4 is 11.6 Å². The van der Waals surface area contributed by atoms with Crippen LogP contribution >= 0.6 is 0 Å². The van der Waals surface area contributed by atoms with Gasteiger partial charge in [-0.2, -0.15) is 0 Å². The summed E-state index contributed by atoms with van der Waals surface area (Å²) in [5.74, 6) is 0.778. The number of hydrogen-bond donors (Lipinski definition) is 1. The lowest BCUT2D eigenvalue weighted by atomic mass is 9.92. The Bertz CT molecular complexity index is 971. The lowest BCUT2D eigenvalue weighted by molar-refractivity contribution is 0.0508. The summed E-state index contributed by atoms with van der Waals surface area (Å²) in [6, 6.07) is 25.6. The highest BCUT2D eigenvalue weighted by Gasteiger charge is 2.42. The van der Waals surface area contributed by atoms with Crippen molar-refractivity contribution in [3.05, 3.63) is 95.6 Å². The minimum absolute atomic E-state index is 0.0125. The smallest absolute Gasteiger partial charge is 0.258 e. The van der Waals surface area contributed by atoms with Crippen LogP contribution in [0.3, 0.4) is 0 Å². The maximum atomic E-state index is 13.4. The SMILES string of the molecule is COc1cccc(C2(C)Nc3ccccc3C(=O)N2Cc2ccccc2)c1. The second-order valence-corrected chi connectivity index (χ2v) is 6.85. The van der Waals surface area contributed by atoms with E-state index < -0.39 is 5.66 Å². The molecule has 4 heteroatoms. The van der Waals surface area contributed by atoms with E-state index in [-0.39, 0.29) is 5.91 Å². The highest BCUT2D eigenvalue weighted by molar-refractivity contribution is 6.02. The third-order valence-electron chi connectivity index (χ3n) is 5.14. The van der Waals surface area contributed by atoms with Crippen LogP contribution in [-0.4, -0.2) is 17.9 Å². The van der Waals surface area contributed by atoms with Crippen LogP contribution in [0.25, 0.3) is 0 Å². The largest absolute Gasteiger partial charge is 0.497 e. The molecule has 1 atom stereocenters. The molecular formula is C23H22N2O2. The Hall–Kier alpha value is -3.27. The summed E-state index contributed by atoms with van der Waals surface area (Å²) in [6.45, 7) is 2.55. The summed E-state index contributed by atoms with van der Waals surface area (Å²) in [5.41, 5.74) is 2.89. The average Bonchev–Trinajstić information content (AvgIpc) is 2.72. The van der Waals surface area contributed by atoms with Crippen molar-refractivity contribution in [2.24, 2.45) is 0 Å². The molecule has 1 aliphatic rings. The minimum atomic E-state index is -0.699. The van der Waals surface area contributed by atoms with E-state index in [9.17, 15) is 4.79 Å². The van der Waals surface area contributed by atoms with Gasteiger partial charge in [-0.1, -0.05) is 54.6 Å².